The second-order valence-corrected chi connectivity index (χ2v) is 7.77. The molecule has 0 radical (unpaired) electrons. The van der Waals surface area contributed by atoms with E-state index in [0.29, 0.717) is 22.6 Å². The van der Waals surface area contributed by atoms with Gasteiger partial charge in [-0.2, -0.15) is 5.10 Å². The average molecular weight is 399 g/mol. The molecule has 3 aromatic rings. The summed E-state index contributed by atoms with van der Waals surface area (Å²) in [6, 6.07) is 10.5. The van der Waals surface area contributed by atoms with Gasteiger partial charge >= 0.3 is 0 Å². The SMILES string of the molecule is O=C(c1cccs1)N1N=C(c2cccs2)C[C@@H]1c1cc([N+](=O)[O-])ccc1O. The van der Waals surface area contributed by atoms with Crippen molar-refractivity contribution in [3.8, 4) is 5.75 Å². The largest absolute Gasteiger partial charge is 0.508 e. The number of carbonyl (C=O) groups excluding carboxylic acids is 1. The number of benzene rings is 1. The first kappa shape index (κ1) is 17.4. The number of phenolic OH excluding ortho intramolecular Hbond substituents is 1. The Morgan fingerprint density at radius 3 is 2.67 bits per heavy atom. The molecule has 0 bridgehead atoms. The summed E-state index contributed by atoms with van der Waals surface area (Å²) in [4.78, 5) is 25.0. The molecule has 0 fully saturated rings. The van der Waals surface area contributed by atoms with Crippen LogP contribution in [0.2, 0.25) is 0 Å². The molecule has 0 aliphatic carbocycles. The van der Waals surface area contributed by atoms with Gasteiger partial charge in [-0.25, -0.2) is 5.01 Å². The number of phenols is 1. The standard InChI is InChI=1S/C18H13N3O4S2/c22-15-6-5-11(21(24)25)9-12(15)14-10-13(16-3-1-7-26-16)19-20(14)18(23)17-4-2-8-27-17/h1-9,14,22H,10H2/t14-/m1/s1. The molecule has 1 aliphatic heterocycles. The molecule has 1 aliphatic rings. The Labute approximate surface area is 162 Å². The predicted octanol–water partition coefficient (Wildman–Crippen LogP) is 4.41. The zero-order valence-electron chi connectivity index (χ0n) is 13.8. The summed E-state index contributed by atoms with van der Waals surface area (Å²) >= 11 is 2.80. The van der Waals surface area contributed by atoms with Gasteiger partial charge in [-0.3, -0.25) is 14.9 Å². The van der Waals surface area contributed by atoms with Crippen LogP contribution in [0.5, 0.6) is 5.75 Å². The van der Waals surface area contributed by atoms with Crippen molar-refractivity contribution in [2.24, 2.45) is 5.10 Å². The molecule has 2 aromatic heterocycles. The minimum absolute atomic E-state index is 0.0998. The molecule has 3 heterocycles. The fourth-order valence-corrected chi connectivity index (χ4v) is 4.34. The molecule has 0 saturated heterocycles. The Kier molecular flexibility index (Phi) is 4.46. The number of rotatable bonds is 4. The van der Waals surface area contributed by atoms with Crippen molar-refractivity contribution in [3.05, 3.63) is 78.7 Å². The Bertz CT molecular complexity index is 1030. The van der Waals surface area contributed by atoms with E-state index < -0.39 is 11.0 Å². The number of nitro groups is 1. The summed E-state index contributed by atoms with van der Waals surface area (Å²) in [5.74, 6) is -0.398. The van der Waals surface area contributed by atoms with Gasteiger partial charge in [0.15, 0.2) is 0 Å². The third kappa shape index (κ3) is 3.22. The van der Waals surface area contributed by atoms with Crippen molar-refractivity contribution in [2.45, 2.75) is 12.5 Å². The van der Waals surface area contributed by atoms with Crippen LogP contribution >= 0.6 is 22.7 Å². The smallest absolute Gasteiger partial charge is 0.284 e. The summed E-state index contributed by atoms with van der Waals surface area (Å²) in [5.41, 5.74) is 0.881. The highest BCUT2D eigenvalue weighted by Gasteiger charge is 2.36. The molecule has 7 nitrogen and oxygen atoms in total. The van der Waals surface area contributed by atoms with E-state index in [1.54, 1.807) is 17.5 Å². The minimum Gasteiger partial charge on any atom is -0.508 e. The minimum atomic E-state index is -0.614. The number of hydrogen-bond donors (Lipinski definition) is 1. The first-order chi connectivity index (χ1) is 13.0. The maximum atomic E-state index is 13.0. The summed E-state index contributed by atoms with van der Waals surface area (Å²) in [6.07, 6.45) is 0.367. The van der Waals surface area contributed by atoms with Crippen LogP contribution in [0, 0.1) is 10.1 Å². The van der Waals surface area contributed by atoms with Crippen molar-refractivity contribution < 1.29 is 14.8 Å². The predicted molar refractivity (Wildman–Crippen MR) is 103 cm³/mol. The van der Waals surface area contributed by atoms with E-state index >= 15 is 0 Å². The molecular formula is C18H13N3O4S2. The molecule has 9 heteroatoms. The van der Waals surface area contributed by atoms with Gasteiger partial charge in [0.25, 0.3) is 11.6 Å². The topological polar surface area (TPSA) is 96.0 Å². The lowest BCUT2D eigenvalue weighted by molar-refractivity contribution is -0.385. The van der Waals surface area contributed by atoms with Crippen LogP contribution in [0.3, 0.4) is 0 Å². The number of hydrogen-bond acceptors (Lipinski definition) is 7. The molecule has 136 valence electrons. The van der Waals surface area contributed by atoms with Crippen LogP contribution in [0.4, 0.5) is 5.69 Å². The number of thiophene rings is 2. The second kappa shape index (κ2) is 6.93. The number of hydrazone groups is 1. The molecule has 0 unspecified atom stereocenters. The molecule has 0 saturated carbocycles. The molecule has 1 aromatic carbocycles. The van der Waals surface area contributed by atoms with Crippen LogP contribution in [0.15, 0.2) is 58.3 Å². The second-order valence-electron chi connectivity index (χ2n) is 5.87. The highest BCUT2D eigenvalue weighted by molar-refractivity contribution is 7.12. The van der Waals surface area contributed by atoms with E-state index in [4.69, 9.17) is 0 Å². The molecule has 1 amide bonds. The third-order valence-corrected chi connectivity index (χ3v) is 6.01. The summed E-state index contributed by atoms with van der Waals surface area (Å²) in [6.45, 7) is 0. The van der Waals surface area contributed by atoms with Gasteiger partial charge < -0.3 is 5.11 Å². The number of non-ortho nitro benzene ring substituents is 1. The number of aromatic hydroxyl groups is 1. The molecule has 27 heavy (non-hydrogen) atoms. The van der Waals surface area contributed by atoms with Gasteiger partial charge in [-0.1, -0.05) is 12.1 Å². The zero-order valence-corrected chi connectivity index (χ0v) is 15.4. The Balaban J connectivity index is 1.78. The highest BCUT2D eigenvalue weighted by atomic mass is 32.1. The Hall–Kier alpha value is -3.04. The third-order valence-electron chi connectivity index (χ3n) is 4.24. The molecule has 1 atom stereocenters. The quantitative estimate of drug-likeness (QED) is 0.519. The van der Waals surface area contributed by atoms with Crippen molar-refractivity contribution in [3.63, 3.8) is 0 Å². The van der Waals surface area contributed by atoms with Crippen molar-refractivity contribution in [1.82, 2.24) is 5.01 Å². The van der Waals surface area contributed by atoms with Crippen molar-refractivity contribution >= 4 is 40.0 Å². The lowest BCUT2D eigenvalue weighted by Crippen LogP contribution is -2.26. The van der Waals surface area contributed by atoms with Crippen molar-refractivity contribution in [1.29, 1.82) is 0 Å². The number of amides is 1. The van der Waals surface area contributed by atoms with Gasteiger partial charge in [-0.05, 0) is 29.0 Å². The van der Waals surface area contributed by atoms with Gasteiger partial charge in [0.2, 0.25) is 0 Å². The molecule has 1 N–H and O–H groups in total. The monoisotopic (exact) mass is 399 g/mol. The molecule has 0 spiro atoms. The van der Waals surface area contributed by atoms with Crippen LogP contribution in [0.1, 0.15) is 32.6 Å². The van der Waals surface area contributed by atoms with E-state index in [2.05, 4.69) is 5.10 Å². The average Bonchev–Trinajstić information content (AvgIpc) is 3.41. The summed E-state index contributed by atoms with van der Waals surface area (Å²) < 4.78 is 0. The van der Waals surface area contributed by atoms with Crippen LogP contribution in [-0.2, 0) is 0 Å². The fourth-order valence-electron chi connectivity index (χ4n) is 2.97. The zero-order chi connectivity index (χ0) is 19.0. The summed E-state index contributed by atoms with van der Waals surface area (Å²) in [5, 5.41) is 31.0. The van der Waals surface area contributed by atoms with E-state index in [0.717, 1.165) is 4.88 Å². The maximum Gasteiger partial charge on any atom is 0.284 e. The highest BCUT2D eigenvalue weighted by Crippen LogP contribution is 2.40. The van der Waals surface area contributed by atoms with E-state index in [-0.39, 0.29) is 17.3 Å². The lowest BCUT2D eigenvalue weighted by atomic mass is 9.99. The summed E-state index contributed by atoms with van der Waals surface area (Å²) in [7, 11) is 0. The van der Waals surface area contributed by atoms with Gasteiger partial charge in [0, 0.05) is 24.1 Å². The maximum absolute atomic E-state index is 13.0. The number of nitro benzene ring substituents is 1. The van der Waals surface area contributed by atoms with Gasteiger partial charge in [0.05, 0.1) is 26.4 Å². The van der Waals surface area contributed by atoms with Crippen molar-refractivity contribution in [2.75, 3.05) is 0 Å². The molecular weight excluding hydrogens is 386 g/mol. The lowest BCUT2D eigenvalue weighted by Gasteiger charge is -2.22. The Morgan fingerprint density at radius 2 is 2.00 bits per heavy atom. The molecule has 4 rings (SSSR count). The number of nitrogens with zero attached hydrogens (tertiary/aromatic N) is 3. The number of carbonyl (C=O) groups is 1. The Morgan fingerprint density at radius 1 is 1.22 bits per heavy atom. The van der Waals surface area contributed by atoms with E-state index in [1.807, 2.05) is 17.5 Å². The van der Waals surface area contributed by atoms with Crippen LogP contribution in [-0.4, -0.2) is 26.7 Å². The van der Waals surface area contributed by atoms with Gasteiger partial charge in [0.1, 0.15) is 5.75 Å². The van der Waals surface area contributed by atoms with Crippen LogP contribution in [0.25, 0.3) is 0 Å². The first-order valence-corrected chi connectivity index (χ1v) is 9.76. The van der Waals surface area contributed by atoms with E-state index in [1.165, 1.54) is 45.9 Å². The fraction of sp³-hybridized carbons (Fsp3) is 0.111. The van der Waals surface area contributed by atoms with Gasteiger partial charge in [-0.15, -0.1) is 22.7 Å². The van der Waals surface area contributed by atoms with E-state index in [9.17, 15) is 20.0 Å². The first-order valence-electron chi connectivity index (χ1n) is 8.00. The normalized spacial score (nSPS) is 16.4. The van der Waals surface area contributed by atoms with Crippen LogP contribution < -0.4 is 0 Å².